The van der Waals surface area contributed by atoms with E-state index in [1.807, 2.05) is 6.07 Å². The topological polar surface area (TPSA) is 3.01 Å². The molecule has 0 amide bonds. The van der Waals surface area contributed by atoms with Crippen molar-refractivity contribution in [2.75, 3.05) is 4.90 Å². The molecule has 0 saturated carbocycles. The first kappa shape index (κ1) is 12.2. The molecule has 0 spiro atoms. The summed E-state index contributed by atoms with van der Waals surface area (Å²) in [5.41, 5.74) is 3.82. The Kier molecular flexibility index (Phi) is 2.99. The number of hydrogen-bond acceptors (Lipinski definition) is 1. The summed E-state index contributed by atoms with van der Waals surface area (Å²) in [5.74, 6) is 0. The summed E-state index contributed by atoms with van der Waals surface area (Å²) in [6, 6.07) is 19.5. The lowest BCUT2D eigenvalue weighted by Gasteiger charge is -2.06. The molecule has 0 bridgehead atoms. The quantitative estimate of drug-likeness (QED) is 0.410. The number of rotatable bonds is 2. The SMILES string of the molecule is Cc1ccc(N2C(c3ccccc3)C2(Br)Br)cc1. The van der Waals surface area contributed by atoms with Gasteiger partial charge >= 0.3 is 0 Å². The predicted octanol–water partition coefficient (Wildman–Crippen LogP) is 5.00. The van der Waals surface area contributed by atoms with Crippen LogP contribution in [0.1, 0.15) is 17.2 Å². The predicted molar refractivity (Wildman–Crippen MR) is 83.4 cm³/mol. The third-order valence-electron chi connectivity index (χ3n) is 3.27. The van der Waals surface area contributed by atoms with E-state index >= 15 is 0 Å². The van der Waals surface area contributed by atoms with Gasteiger partial charge in [0, 0.05) is 5.69 Å². The summed E-state index contributed by atoms with van der Waals surface area (Å²) in [7, 11) is 0. The number of alkyl halides is 2. The maximum atomic E-state index is 3.75. The Bertz CT molecular complexity index is 548. The minimum absolute atomic E-state index is 0.156. The molecule has 3 heteroatoms. The summed E-state index contributed by atoms with van der Waals surface area (Å²) < 4.78 is -0.156. The molecular weight excluding hydrogens is 354 g/mol. The van der Waals surface area contributed by atoms with Crippen LogP contribution < -0.4 is 4.90 Å². The van der Waals surface area contributed by atoms with Crippen LogP contribution in [0.4, 0.5) is 5.69 Å². The van der Waals surface area contributed by atoms with Crippen LogP contribution in [0.2, 0.25) is 0 Å². The van der Waals surface area contributed by atoms with Crippen molar-refractivity contribution in [1.29, 1.82) is 0 Å². The molecule has 0 aliphatic carbocycles. The molecule has 1 heterocycles. The second kappa shape index (κ2) is 4.39. The number of benzene rings is 2. The monoisotopic (exact) mass is 365 g/mol. The van der Waals surface area contributed by atoms with Gasteiger partial charge < -0.3 is 4.90 Å². The second-order valence-corrected chi connectivity index (χ2v) is 8.09. The highest BCUT2D eigenvalue weighted by Crippen LogP contribution is 2.63. The Morgan fingerprint density at radius 2 is 1.56 bits per heavy atom. The molecule has 1 nitrogen and oxygen atoms in total. The number of hydrogen-bond donors (Lipinski definition) is 0. The number of nitrogens with zero attached hydrogens (tertiary/aromatic N) is 1. The average Bonchev–Trinajstić information content (AvgIpc) is 2.94. The average molecular weight is 367 g/mol. The first-order valence-corrected chi connectivity index (χ1v) is 7.48. The lowest BCUT2D eigenvalue weighted by Crippen LogP contribution is -1.99. The van der Waals surface area contributed by atoms with E-state index in [-0.39, 0.29) is 3.36 Å². The molecule has 1 aliphatic heterocycles. The molecule has 0 N–H and O–H groups in total. The highest BCUT2D eigenvalue weighted by molar-refractivity contribution is 9.25. The molecule has 1 aliphatic rings. The summed E-state index contributed by atoms with van der Waals surface area (Å²) in [6.07, 6.45) is 0. The van der Waals surface area contributed by atoms with Crippen molar-refractivity contribution in [3.05, 3.63) is 65.7 Å². The Hall–Kier alpha value is -0.800. The van der Waals surface area contributed by atoms with E-state index < -0.39 is 0 Å². The number of aryl methyl sites for hydroxylation is 1. The Labute approximate surface area is 124 Å². The normalized spacial score (nSPS) is 20.8. The zero-order chi connectivity index (χ0) is 12.8. The van der Waals surface area contributed by atoms with Crippen LogP contribution in [-0.4, -0.2) is 3.36 Å². The van der Waals surface area contributed by atoms with Gasteiger partial charge in [-0.1, -0.05) is 48.0 Å². The summed E-state index contributed by atoms with van der Waals surface area (Å²) in [4.78, 5) is 2.32. The minimum Gasteiger partial charge on any atom is -0.334 e. The van der Waals surface area contributed by atoms with Gasteiger partial charge in [-0.05, 0) is 56.5 Å². The lowest BCUT2D eigenvalue weighted by molar-refractivity contribution is 1.11. The molecular formula is C15H13Br2N. The highest BCUT2D eigenvalue weighted by Gasteiger charge is 2.60. The maximum Gasteiger partial charge on any atom is 0.176 e. The summed E-state index contributed by atoms with van der Waals surface area (Å²) in [5, 5.41) is 0. The van der Waals surface area contributed by atoms with Gasteiger partial charge in [0.2, 0.25) is 0 Å². The molecule has 0 aromatic heterocycles. The highest BCUT2D eigenvalue weighted by atomic mass is 79.9. The van der Waals surface area contributed by atoms with Crippen LogP contribution in [-0.2, 0) is 0 Å². The van der Waals surface area contributed by atoms with Crippen LogP contribution >= 0.6 is 31.9 Å². The van der Waals surface area contributed by atoms with E-state index in [9.17, 15) is 0 Å². The smallest absolute Gasteiger partial charge is 0.176 e. The molecule has 2 aromatic rings. The van der Waals surface area contributed by atoms with E-state index in [4.69, 9.17) is 0 Å². The van der Waals surface area contributed by atoms with E-state index in [0.717, 1.165) is 0 Å². The van der Waals surface area contributed by atoms with Gasteiger partial charge in [0.15, 0.2) is 3.36 Å². The van der Waals surface area contributed by atoms with Crippen LogP contribution in [0.15, 0.2) is 54.6 Å². The molecule has 1 unspecified atom stereocenters. The van der Waals surface area contributed by atoms with Crippen LogP contribution in [0.5, 0.6) is 0 Å². The van der Waals surface area contributed by atoms with Gasteiger partial charge in [-0.15, -0.1) is 0 Å². The molecule has 92 valence electrons. The first-order chi connectivity index (χ1) is 8.60. The fourth-order valence-corrected chi connectivity index (χ4v) is 3.81. The summed E-state index contributed by atoms with van der Waals surface area (Å²) >= 11 is 7.51. The van der Waals surface area contributed by atoms with E-state index in [2.05, 4.69) is 92.2 Å². The van der Waals surface area contributed by atoms with Crippen LogP contribution in [0.3, 0.4) is 0 Å². The Balaban J connectivity index is 1.93. The largest absolute Gasteiger partial charge is 0.334 e. The minimum atomic E-state index is -0.156. The van der Waals surface area contributed by atoms with Crippen LogP contribution in [0.25, 0.3) is 0 Å². The zero-order valence-corrected chi connectivity index (χ0v) is 13.1. The van der Waals surface area contributed by atoms with E-state index in [1.165, 1.54) is 16.8 Å². The van der Waals surface area contributed by atoms with Gasteiger partial charge in [-0.25, -0.2) is 0 Å². The number of anilines is 1. The summed E-state index contributed by atoms with van der Waals surface area (Å²) in [6.45, 7) is 2.11. The van der Waals surface area contributed by atoms with E-state index in [0.29, 0.717) is 6.04 Å². The number of halogens is 2. The third-order valence-corrected chi connectivity index (χ3v) is 4.90. The van der Waals surface area contributed by atoms with Gasteiger partial charge in [0.1, 0.15) is 6.04 Å². The van der Waals surface area contributed by atoms with Gasteiger partial charge in [0.25, 0.3) is 0 Å². The fraction of sp³-hybridized carbons (Fsp3) is 0.200. The molecule has 1 saturated heterocycles. The standard InChI is InChI=1S/C15H13Br2N/c1-11-7-9-13(10-8-11)18-14(15(18,16)17)12-5-3-2-4-6-12/h2-10,14H,1H3. The Morgan fingerprint density at radius 1 is 0.944 bits per heavy atom. The lowest BCUT2D eigenvalue weighted by atomic mass is 10.1. The van der Waals surface area contributed by atoms with Crippen molar-refractivity contribution >= 4 is 37.5 Å². The van der Waals surface area contributed by atoms with Gasteiger partial charge in [0.05, 0.1) is 0 Å². The molecule has 18 heavy (non-hydrogen) atoms. The van der Waals surface area contributed by atoms with Crippen molar-refractivity contribution in [2.45, 2.75) is 16.3 Å². The third kappa shape index (κ3) is 1.99. The second-order valence-electron chi connectivity index (χ2n) is 4.61. The van der Waals surface area contributed by atoms with Crippen molar-refractivity contribution in [2.24, 2.45) is 0 Å². The van der Waals surface area contributed by atoms with Crippen molar-refractivity contribution < 1.29 is 0 Å². The van der Waals surface area contributed by atoms with Crippen molar-refractivity contribution in [3.8, 4) is 0 Å². The van der Waals surface area contributed by atoms with Crippen molar-refractivity contribution in [3.63, 3.8) is 0 Å². The van der Waals surface area contributed by atoms with Crippen molar-refractivity contribution in [1.82, 2.24) is 0 Å². The molecule has 0 radical (unpaired) electrons. The van der Waals surface area contributed by atoms with Crippen LogP contribution in [0, 0.1) is 6.92 Å². The maximum absolute atomic E-state index is 3.75. The molecule has 1 atom stereocenters. The van der Waals surface area contributed by atoms with Gasteiger partial charge in [-0.2, -0.15) is 0 Å². The van der Waals surface area contributed by atoms with E-state index in [1.54, 1.807) is 0 Å². The Morgan fingerprint density at radius 3 is 2.17 bits per heavy atom. The fourth-order valence-electron chi connectivity index (χ4n) is 2.26. The van der Waals surface area contributed by atoms with Gasteiger partial charge in [-0.3, -0.25) is 0 Å². The zero-order valence-electron chi connectivity index (χ0n) is 9.98. The first-order valence-electron chi connectivity index (χ1n) is 5.89. The molecule has 3 rings (SSSR count). The molecule has 2 aromatic carbocycles. The molecule has 1 fully saturated rings.